The summed E-state index contributed by atoms with van der Waals surface area (Å²) in [5.74, 6) is -0.288. The molecular weight excluding hydrogens is 825 g/mol. The van der Waals surface area contributed by atoms with Crippen molar-refractivity contribution in [1.82, 2.24) is 4.40 Å². The molecule has 0 aliphatic heterocycles. The second-order valence-corrected chi connectivity index (χ2v) is 25.1. The van der Waals surface area contributed by atoms with E-state index in [1.165, 1.54) is 93.8 Å². The molecule has 68 heavy (non-hydrogen) atoms. The van der Waals surface area contributed by atoms with E-state index in [9.17, 15) is 5.26 Å². The molecule has 2 heterocycles. The van der Waals surface area contributed by atoms with Crippen LogP contribution in [0.25, 0.3) is 60.3 Å². The maximum Gasteiger partial charge on any atom is 0.175 e. The van der Waals surface area contributed by atoms with Crippen LogP contribution in [0.1, 0.15) is 185 Å². The summed E-state index contributed by atoms with van der Waals surface area (Å²) < 4.78 is 2.53. The molecule has 0 radical (unpaired) electrons. The average molecular weight is 883 g/mol. The van der Waals surface area contributed by atoms with Crippen LogP contribution in [0.5, 0.6) is 0 Å². The van der Waals surface area contributed by atoms with Gasteiger partial charge < -0.3 is 4.40 Å². The number of ketones is 1. The van der Waals surface area contributed by atoms with Gasteiger partial charge in [0.15, 0.2) is 5.78 Å². The molecule has 0 atom stereocenters. The van der Waals surface area contributed by atoms with E-state index in [4.69, 9.17) is 0 Å². The molecule has 7 aromatic carbocycles. The molecular formula is C65H58N2O. The van der Waals surface area contributed by atoms with Gasteiger partial charge in [-0.05, 0) is 123 Å². The lowest BCUT2D eigenvalue weighted by Crippen LogP contribution is -2.50. The quantitative estimate of drug-likeness (QED) is 0.152. The van der Waals surface area contributed by atoms with Crippen molar-refractivity contribution in [2.24, 2.45) is 0 Å². The number of hydrogen-bond acceptors (Lipinski definition) is 2. The molecule has 0 N–H and O–H groups in total. The zero-order valence-corrected chi connectivity index (χ0v) is 41.8. The Morgan fingerprint density at radius 3 is 1.63 bits per heavy atom. The number of rotatable bonds is 0. The summed E-state index contributed by atoms with van der Waals surface area (Å²) in [7, 11) is 0. The first-order chi connectivity index (χ1) is 32.1. The number of aromatic nitrogens is 1. The zero-order chi connectivity index (χ0) is 47.5. The van der Waals surface area contributed by atoms with Crippen molar-refractivity contribution in [1.29, 1.82) is 5.26 Å². The molecule has 0 unspecified atom stereocenters. The molecule has 0 spiro atoms. The highest BCUT2D eigenvalue weighted by Gasteiger charge is 2.57. The average Bonchev–Trinajstić information content (AvgIpc) is 3.84. The number of hydrogen-bond donors (Lipinski definition) is 0. The van der Waals surface area contributed by atoms with Gasteiger partial charge in [-0.2, -0.15) is 5.26 Å². The van der Waals surface area contributed by atoms with E-state index in [1.54, 1.807) is 0 Å². The highest BCUT2D eigenvalue weighted by molar-refractivity contribution is 6.32. The topological polar surface area (TPSA) is 45.3 Å². The molecule has 3 heteroatoms. The molecule has 15 rings (SSSR count). The Morgan fingerprint density at radius 2 is 1.06 bits per heavy atom. The van der Waals surface area contributed by atoms with Gasteiger partial charge in [0.1, 0.15) is 0 Å². The van der Waals surface area contributed by atoms with Crippen molar-refractivity contribution in [2.75, 3.05) is 0 Å². The second kappa shape index (κ2) is 11.8. The van der Waals surface area contributed by atoms with Crippen molar-refractivity contribution in [3.8, 4) is 28.3 Å². The number of nitriles is 1. The number of nitrogens with zero attached hydrogens (tertiary/aromatic N) is 2. The fourth-order valence-electron chi connectivity index (χ4n) is 15.1. The zero-order valence-electron chi connectivity index (χ0n) is 41.8. The van der Waals surface area contributed by atoms with E-state index in [0.29, 0.717) is 0 Å². The third-order valence-electron chi connectivity index (χ3n) is 19.8. The van der Waals surface area contributed by atoms with Crippen molar-refractivity contribution in [2.45, 2.75) is 134 Å². The van der Waals surface area contributed by atoms with Crippen molar-refractivity contribution in [3.63, 3.8) is 0 Å². The summed E-state index contributed by atoms with van der Waals surface area (Å²) >= 11 is 0. The largest absolute Gasteiger partial charge is 0.308 e. The van der Waals surface area contributed by atoms with Crippen LogP contribution in [0.3, 0.4) is 0 Å². The minimum absolute atomic E-state index is 0.0398. The fraction of sp³-hybridized carbons (Fsp3) is 0.323. The smallest absolute Gasteiger partial charge is 0.175 e. The van der Waals surface area contributed by atoms with Gasteiger partial charge >= 0.3 is 0 Å². The highest BCUT2D eigenvalue weighted by Crippen LogP contribution is 2.69. The van der Waals surface area contributed by atoms with Gasteiger partial charge in [0.25, 0.3) is 0 Å². The number of benzene rings is 7. The van der Waals surface area contributed by atoms with Crippen LogP contribution in [-0.4, -0.2) is 10.2 Å². The molecule has 2 bridgehead atoms. The van der Waals surface area contributed by atoms with E-state index in [-0.39, 0.29) is 50.1 Å². The van der Waals surface area contributed by atoms with E-state index in [2.05, 4.69) is 204 Å². The number of fused-ring (bicyclic) bond motifs is 12. The van der Waals surface area contributed by atoms with Crippen LogP contribution in [0, 0.1) is 11.3 Å². The molecule has 6 aliphatic rings. The maximum atomic E-state index is 15.7. The van der Waals surface area contributed by atoms with E-state index >= 15 is 4.79 Å². The predicted molar refractivity (Wildman–Crippen MR) is 280 cm³/mol. The van der Waals surface area contributed by atoms with Gasteiger partial charge in [-0.3, -0.25) is 4.79 Å². The SMILES string of the molecule is CC(C)(C)c1cc2c3c(c1)C(C)(C)C(C)(C)c1c-3c(c3c4cc5c(cc4n4c6cc(C#N)c7c(c6c1c34)-c1ccccc1C7(C)C)C(=O)C1c3ccccc3C5c3ccccc31)C(C)(C)C2(C)C. The first-order valence-electron chi connectivity index (χ1n) is 24.9. The van der Waals surface area contributed by atoms with Gasteiger partial charge in [0.2, 0.25) is 0 Å². The number of Topliss-reactive ketones (excluding diaryl/α,β-unsaturated/α-hetero) is 1. The first-order valence-corrected chi connectivity index (χ1v) is 24.9. The molecule has 0 saturated heterocycles. The molecule has 9 aromatic rings. The maximum absolute atomic E-state index is 15.7. The highest BCUT2D eigenvalue weighted by atomic mass is 16.1. The predicted octanol–water partition coefficient (Wildman–Crippen LogP) is 15.9. The van der Waals surface area contributed by atoms with Gasteiger partial charge in [0.05, 0.1) is 34.1 Å². The summed E-state index contributed by atoms with van der Waals surface area (Å²) in [6, 6.07) is 41.2. The van der Waals surface area contributed by atoms with Crippen LogP contribution >= 0.6 is 0 Å². The molecule has 2 aromatic heterocycles. The van der Waals surface area contributed by atoms with Gasteiger partial charge in [-0.25, -0.2) is 0 Å². The Labute approximate surface area is 400 Å². The Hall–Kier alpha value is -6.50. The van der Waals surface area contributed by atoms with Crippen LogP contribution in [0.15, 0.2) is 103 Å². The van der Waals surface area contributed by atoms with Gasteiger partial charge in [-0.15, -0.1) is 0 Å². The monoisotopic (exact) mass is 882 g/mol. The van der Waals surface area contributed by atoms with Crippen molar-refractivity contribution >= 4 is 43.9 Å². The summed E-state index contributed by atoms with van der Waals surface area (Å²) in [4.78, 5) is 15.7. The Morgan fingerprint density at radius 1 is 0.515 bits per heavy atom. The third kappa shape index (κ3) is 4.19. The molecule has 0 amide bonds. The van der Waals surface area contributed by atoms with Gasteiger partial charge in [0, 0.05) is 49.3 Å². The minimum atomic E-state index is -0.382. The number of carbonyl (C=O) groups is 1. The molecule has 6 aliphatic carbocycles. The lowest BCUT2D eigenvalue weighted by Gasteiger charge is -2.57. The summed E-state index contributed by atoms with van der Waals surface area (Å²) in [5.41, 5.74) is 23.8. The Kier molecular flexibility index (Phi) is 7.06. The molecule has 0 fully saturated rings. The fourth-order valence-corrected chi connectivity index (χ4v) is 15.1. The number of carbonyl (C=O) groups excluding carboxylic acids is 1. The Balaban J connectivity index is 1.29. The molecule has 334 valence electrons. The van der Waals surface area contributed by atoms with Crippen LogP contribution in [0.2, 0.25) is 0 Å². The molecule has 0 saturated carbocycles. The minimum Gasteiger partial charge on any atom is -0.308 e. The van der Waals surface area contributed by atoms with E-state index in [1.807, 2.05) is 0 Å². The summed E-state index contributed by atoms with van der Waals surface area (Å²) in [6.07, 6.45) is 0. The van der Waals surface area contributed by atoms with E-state index in [0.717, 1.165) is 44.4 Å². The van der Waals surface area contributed by atoms with Crippen LogP contribution < -0.4 is 0 Å². The van der Waals surface area contributed by atoms with Crippen LogP contribution in [0.4, 0.5) is 0 Å². The lowest BCUT2D eigenvalue weighted by molar-refractivity contribution is 0.0974. The van der Waals surface area contributed by atoms with Gasteiger partial charge in [-0.1, -0.05) is 175 Å². The lowest BCUT2D eigenvalue weighted by atomic mass is 9.46. The first kappa shape index (κ1) is 40.6. The van der Waals surface area contributed by atoms with Crippen molar-refractivity contribution in [3.05, 3.63) is 181 Å². The Bertz CT molecular complexity index is 3890. The second-order valence-electron chi connectivity index (χ2n) is 25.1. The van der Waals surface area contributed by atoms with E-state index < -0.39 is 0 Å². The third-order valence-corrected chi connectivity index (χ3v) is 19.8. The van der Waals surface area contributed by atoms with Crippen LogP contribution in [-0.2, 0) is 32.5 Å². The summed E-state index contributed by atoms with van der Waals surface area (Å²) in [6.45, 7) is 31.8. The normalized spacial score (nSPS) is 21.0. The van der Waals surface area contributed by atoms with Crippen molar-refractivity contribution < 1.29 is 4.79 Å². The molecule has 3 nitrogen and oxygen atoms in total. The standard InChI is InChI=1S/C65H58N2O/c1-60(2,3)33-27-43-51-44(28-33)63(8,9)65(12,13)57-53(51)56(64(10,11)62(43,6)7)50-41-29-39-40(59(68)48-36-22-16-14-20-34(36)47(39)35-21-15-17-23-37(35)48)30-45(41)67-46-26-32(31-66)55-49(52(46)54(57)58(50)67)38-24-18-19-25-42(38)61(55,4)5/h14-30,47-48H,1-13H3. The summed E-state index contributed by atoms with van der Waals surface area (Å²) in [5, 5.41) is 16.4.